The van der Waals surface area contributed by atoms with Crippen LogP contribution in [0.15, 0.2) is 0 Å². The predicted octanol–water partition coefficient (Wildman–Crippen LogP) is -1.35. The summed E-state index contributed by atoms with van der Waals surface area (Å²) < 4.78 is 9.57. The zero-order valence-corrected chi connectivity index (χ0v) is 7.17. The molecule has 14 heavy (non-hydrogen) atoms. The van der Waals surface area contributed by atoms with Gasteiger partial charge in [0.2, 0.25) is 0 Å². The molecule has 0 saturated carbocycles. The lowest BCUT2D eigenvalue weighted by molar-refractivity contribution is -0.212. The van der Waals surface area contributed by atoms with E-state index in [1.807, 2.05) is 0 Å². The quantitative estimate of drug-likeness (QED) is 0.521. The number of carboxylic acid groups (broad SMARTS) is 2. The standard InChI is InChI=1S/C7H10O7/c8-2-4-3-13-7(14-4,6(11)12)1-5(9)10/h4,8H,1-3H2,(H,9,10)(H,11,12)/t4-,7+/m1/s1. The smallest absolute Gasteiger partial charge is 0.365 e. The highest BCUT2D eigenvalue weighted by Crippen LogP contribution is 2.27. The molecular formula is C7H10O7. The molecular weight excluding hydrogens is 196 g/mol. The van der Waals surface area contributed by atoms with Gasteiger partial charge in [0, 0.05) is 0 Å². The minimum Gasteiger partial charge on any atom is -0.481 e. The van der Waals surface area contributed by atoms with Crippen molar-refractivity contribution in [3.63, 3.8) is 0 Å². The van der Waals surface area contributed by atoms with Crippen LogP contribution in [-0.2, 0) is 19.1 Å². The summed E-state index contributed by atoms with van der Waals surface area (Å²) in [5, 5.41) is 25.9. The van der Waals surface area contributed by atoms with E-state index in [2.05, 4.69) is 0 Å². The third-order valence-electron chi connectivity index (χ3n) is 1.77. The van der Waals surface area contributed by atoms with E-state index in [1.165, 1.54) is 0 Å². The normalized spacial score (nSPS) is 31.6. The molecule has 1 heterocycles. The molecule has 7 heteroatoms. The second kappa shape index (κ2) is 3.91. The maximum absolute atomic E-state index is 10.7. The van der Waals surface area contributed by atoms with Crippen LogP contribution in [-0.4, -0.2) is 52.4 Å². The van der Waals surface area contributed by atoms with Crippen LogP contribution in [0.3, 0.4) is 0 Å². The summed E-state index contributed by atoms with van der Waals surface area (Å²) in [4.78, 5) is 21.1. The van der Waals surface area contributed by atoms with Crippen LogP contribution in [0.4, 0.5) is 0 Å². The molecule has 0 aromatic heterocycles. The number of carbonyl (C=O) groups is 2. The van der Waals surface area contributed by atoms with Crippen LogP contribution >= 0.6 is 0 Å². The summed E-state index contributed by atoms with van der Waals surface area (Å²) in [7, 11) is 0. The first kappa shape index (κ1) is 10.9. The number of carboxylic acids is 2. The van der Waals surface area contributed by atoms with Crippen LogP contribution < -0.4 is 0 Å². The lowest BCUT2D eigenvalue weighted by atomic mass is 10.2. The van der Waals surface area contributed by atoms with Gasteiger partial charge in [-0.1, -0.05) is 0 Å². The van der Waals surface area contributed by atoms with Crippen LogP contribution in [0.1, 0.15) is 6.42 Å². The van der Waals surface area contributed by atoms with Gasteiger partial charge >= 0.3 is 11.9 Å². The first-order valence-electron chi connectivity index (χ1n) is 3.88. The molecule has 7 nitrogen and oxygen atoms in total. The Morgan fingerprint density at radius 1 is 1.43 bits per heavy atom. The molecule has 0 aromatic rings. The van der Waals surface area contributed by atoms with E-state index in [9.17, 15) is 9.59 Å². The summed E-state index contributed by atoms with van der Waals surface area (Å²) in [5.41, 5.74) is 0. The molecule has 0 aliphatic carbocycles. The molecule has 0 unspecified atom stereocenters. The van der Waals surface area contributed by atoms with Crippen LogP contribution in [0.2, 0.25) is 0 Å². The molecule has 1 saturated heterocycles. The topological polar surface area (TPSA) is 113 Å². The fraction of sp³-hybridized carbons (Fsp3) is 0.714. The van der Waals surface area contributed by atoms with E-state index < -0.39 is 36.9 Å². The molecule has 1 fully saturated rings. The van der Waals surface area contributed by atoms with Gasteiger partial charge in [0.05, 0.1) is 13.2 Å². The van der Waals surface area contributed by atoms with E-state index in [0.717, 1.165) is 0 Å². The highest BCUT2D eigenvalue weighted by molar-refractivity contribution is 5.82. The van der Waals surface area contributed by atoms with Gasteiger partial charge in [-0.15, -0.1) is 0 Å². The Hall–Kier alpha value is -1.18. The van der Waals surface area contributed by atoms with Crippen LogP contribution in [0.25, 0.3) is 0 Å². The average molecular weight is 206 g/mol. The summed E-state index contributed by atoms with van der Waals surface area (Å²) in [6.07, 6.45) is -1.58. The van der Waals surface area contributed by atoms with Crippen molar-refractivity contribution >= 4 is 11.9 Å². The van der Waals surface area contributed by atoms with Crippen molar-refractivity contribution in [2.75, 3.05) is 13.2 Å². The highest BCUT2D eigenvalue weighted by Gasteiger charge is 2.50. The summed E-state index contributed by atoms with van der Waals surface area (Å²) in [6.45, 7) is -0.537. The van der Waals surface area contributed by atoms with Crippen LogP contribution in [0.5, 0.6) is 0 Å². The molecule has 0 aromatic carbocycles. The SMILES string of the molecule is O=C(O)C[C@]1(C(=O)O)OC[C@@H](CO)O1. The molecule has 0 radical (unpaired) electrons. The van der Waals surface area contributed by atoms with E-state index in [0.29, 0.717) is 0 Å². The Morgan fingerprint density at radius 2 is 2.07 bits per heavy atom. The number of aliphatic hydroxyl groups is 1. The van der Waals surface area contributed by atoms with Gasteiger partial charge in [0.1, 0.15) is 12.5 Å². The van der Waals surface area contributed by atoms with E-state index in [1.54, 1.807) is 0 Å². The van der Waals surface area contributed by atoms with Gasteiger partial charge in [-0.25, -0.2) is 4.79 Å². The molecule has 1 aliphatic rings. The third kappa shape index (κ3) is 2.00. The Bertz CT molecular complexity index is 250. The van der Waals surface area contributed by atoms with Gasteiger partial charge in [-0.05, 0) is 0 Å². The number of aliphatic hydroxyl groups excluding tert-OH is 1. The fourth-order valence-electron chi connectivity index (χ4n) is 1.13. The first-order valence-corrected chi connectivity index (χ1v) is 3.88. The molecule has 0 bridgehead atoms. The lowest BCUT2D eigenvalue weighted by Gasteiger charge is -2.20. The van der Waals surface area contributed by atoms with Crippen molar-refractivity contribution in [1.29, 1.82) is 0 Å². The molecule has 80 valence electrons. The van der Waals surface area contributed by atoms with Crippen molar-refractivity contribution in [3.05, 3.63) is 0 Å². The zero-order chi connectivity index (χ0) is 10.8. The van der Waals surface area contributed by atoms with Gasteiger partial charge in [0.15, 0.2) is 0 Å². The molecule has 2 atom stereocenters. The summed E-state index contributed by atoms with van der Waals surface area (Å²) >= 11 is 0. The van der Waals surface area contributed by atoms with Crippen molar-refractivity contribution in [2.45, 2.75) is 18.3 Å². The van der Waals surface area contributed by atoms with Gasteiger partial charge in [0.25, 0.3) is 5.79 Å². The highest BCUT2D eigenvalue weighted by atomic mass is 16.8. The third-order valence-corrected chi connectivity index (χ3v) is 1.77. The Kier molecular flexibility index (Phi) is 3.04. The van der Waals surface area contributed by atoms with Gasteiger partial charge in [-0.3, -0.25) is 4.79 Å². The summed E-state index contributed by atoms with van der Waals surface area (Å²) in [5.74, 6) is -5.00. The Labute approximate surface area is 78.9 Å². The van der Waals surface area contributed by atoms with Crippen molar-refractivity contribution in [2.24, 2.45) is 0 Å². The van der Waals surface area contributed by atoms with Gasteiger partial charge in [-0.2, -0.15) is 0 Å². The largest absolute Gasteiger partial charge is 0.481 e. The van der Waals surface area contributed by atoms with Gasteiger partial charge < -0.3 is 24.8 Å². The van der Waals surface area contributed by atoms with E-state index in [4.69, 9.17) is 24.8 Å². The minimum atomic E-state index is -2.15. The van der Waals surface area contributed by atoms with E-state index >= 15 is 0 Å². The zero-order valence-electron chi connectivity index (χ0n) is 7.17. The molecule has 0 spiro atoms. The number of hydrogen-bond donors (Lipinski definition) is 3. The van der Waals surface area contributed by atoms with Crippen molar-refractivity contribution in [1.82, 2.24) is 0 Å². The predicted molar refractivity (Wildman–Crippen MR) is 40.5 cm³/mol. The molecule has 1 rings (SSSR count). The van der Waals surface area contributed by atoms with Crippen molar-refractivity contribution in [3.8, 4) is 0 Å². The monoisotopic (exact) mass is 206 g/mol. The maximum Gasteiger partial charge on any atom is 0.365 e. The lowest BCUT2D eigenvalue weighted by Crippen LogP contribution is -2.42. The Morgan fingerprint density at radius 3 is 2.43 bits per heavy atom. The molecule has 3 N–H and O–H groups in total. The summed E-state index contributed by atoms with van der Waals surface area (Å²) in [6, 6.07) is 0. The second-order valence-electron chi connectivity index (χ2n) is 2.86. The van der Waals surface area contributed by atoms with Crippen LogP contribution in [0, 0.1) is 0 Å². The van der Waals surface area contributed by atoms with E-state index in [-0.39, 0.29) is 6.61 Å². The van der Waals surface area contributed by atoms with Crippen molar-refractivity contribution < 1.29 is 34.4 Å². The second-order valence-corrected chi connectivity index (χ2v) is 2.86. The molecule has 0 amide bonds. The fourth-order valence-corrected chi connectivity index (χ4v) is 1.13. The maximum atomic E-state index is 10.7. The molecule has 1 aliphatic heterocycles. The minimum absolute atomic E-state index is 0.129. The number of aliphatic carboxylic acids is 2. The average Bonchev–Trinajstić information content (AvgIpc) is 2.48. The first-order chi connectivity index (χ1) is 6.50. The Balaban J connectivity index is 2.75. The number of ether oxygens (including phenoxy) is 2. The number of rotatable bonds is 4. The number of hydrogen-bond acceptors (Lipinski definition) is 5.